The van der Waals surface area contributed by atoms with E-state index in [0.29, 0.717) is 67.7 Å². The number of fused-ring (bicyclic) bond motifs is 2. The van der Waals surface area contributed by atoms with Crippen LogP contribution in [-0.4, -0.2) is 79.7 Å². The summed E-state index contributed by atoms with van der Waals surface area (Å²) in [5, 5.41) is 0. The fraction of sp³-hybridized carbons (Fsp3) is 0.444. The molecular formula is C45H55N3O9. The summed E-state index contributed by atoms with van der Waals surface area (Å²) < 4.78 is 40.4. The molecule has 6 rings (SSSR count). The number of amides is 2. The highest BCUT2D eigenvalue weighted by molar-refractivity contribution is 5.71. The van der Waals surface area contributed by atoms with E-state index < -0.39 is 11.2 Å². The van der Waals surface area contributed by atoms with Gasteiger partial charge < -0.3 is 43.0 Å². The van der Waals surface area contributed by atoms with Gasteiger partial charge in [0, 0.05) is 25.4 Å². The van der Waals surface area contributed by atoms with E-state index in [0.717, 1.165) is 39.1 Å². The lowest BCUT2D eigenvalue weighted by Gasteiger charge is -2.38. The third-order valence-corrected chi connectivity index (χ3v) is 10.1. The zero-order valence-corrected chi connectivity index (χ0v) is 34.8. The number of pyridine rings is 1. The van der Waals surface area contributed by atoms with Crippen molar-refractivity contribution in [1.82, 2.24) is 14.8 Å². The monoisotopic (exact) mass is 781 g/mol. The first-order valence-electron chi connectivity index (χ1n) is 19.3. The molecule has 0 N–H and O–H groups in total. The summed E-state index contributed by atoms with van der Waals surface area (Å²) in [6, 6.07) is 18.9. The Morgan fingerprint density at radius 3 is 1.72 bits per heavy atom. The van der Waals surface area contributed by atoms with Crippen molar-refractivity contribution in [3.63, 3.8) is 0 Å². The molecule has 2 aliphatic heterocycles. The maximum atomic E-state index is 13.5. The molecule has 12 nitrogen and oxygen atoms in total. The van der Waals surface area contributed by atoms with Gasteiger partial charge in [0.05, 0.1) is 40.5 Å². The molecule has 0 unspecified atom stereocenters. The molecule has 0 aliphatic carbocycles. The molecule has 0 radical (unpaired) electrons. The average molecular weight is 782 g/mol. The summed E-state index contributed by atoms with van der Waals surface area (Å²) in [5.74, 6) is 3.44. The van der Waals surface area contributed by atoms with E-state index in [4.69, 9.17) is 33.2 Å². The molecule has 0 bridgehead atoms. The molecule has 12 heteroatoms. The Labute approximate surface area is 335 Å². The van der Waals surface area contributed by atoms with Gasteiger partial charge in [-0.05, 0) is 137 Å². The maximum absolute atomic E-state index is 13.5. The summed E-state index contributed by atoms with van der Waals surface area (Å²) >= 11 is 0. The number of hydrogen-bond donors (Lipinski definition) is 0. The minimum atomic E-state index is -0.643. The van der Waals surface area contributed by atoms with Crippen LogP contribution in [0, 0.1) is 0 Å². The van der Waals surface area contributed by atoms with Crippen LogP contribution in [0.4, 0.5) is 9.59 Å². The third kappa shape index (κ3) is 9.67. The Morgan fingerprint density at radius 1 is 0.614 bits per heavy atom. The van der Waals surface area contributed by atoms with Crippen LogP contribution in [-0.2, 0) is 35.2 Å². The van der Waals surface area contributed by atoms with Gasteiger partial charge in [0.1, 0.15) is 17.0 Å². The Bertz CT molecular complexity index is 2070. The first kappa shape index (κ1) is 41.0. The normalized spacial score (nSPS) is 16.5. The quantitative estimate of drug-likeness (QED) is 0.154. The van der Waals surface area contributed by atoms with E-state index in [1.54, 1.807) is 39.5 Å². The predicted octanol–water partition coefficient (Wildman–Crippen LogP) is 9.06. The topological polar surface area (TPSA) is 118 Å². The van der Waals surface area contributed by atoms with Crippen molar-refractivity contribution in [3.05, 3.63) is 100 Å². The number of methoxy groups -OCH3 is 4. The number of aromatic nitrogens is 1. The number of nitrogens with zero attached hydrogens (tertiary/aromatic N) is 3. The number of rotatable bonds is 10. The maximum Gasteiger partial charge on any atom is 0.410 e. The van der Waals surface area contributed by atoms with Crippen molar-refractivity contribution in [2.24, 2.45) is 0 Å². The molecule has 2 amide bonds. The van der Waals surface area contributed by atoms with Crippen LogP contribution in [0.25, 0.3) is 0 Å². The Morgan fingerprint density at radius 2 is 1.16 bits per heavy atom. The van der Waals surface area contributed by atoms with Crippen LogP contribution in [0.5, 0.6) is 34.6 Å². The number of hydrogen-bond acceptors (Lipinski definition) is 10. The van der Waals surface area contributed by atoms with Crippen molar-refractivity contribution < 1.29 is 42.7 Å². The highest BCUT2D eigenvalue weighted by Crippen LogP contribution is 2.41. The lowest BCUT2D eigenvalue weighted by atomic mass is 9.88. The molecule has 0 saturated carbocycles. The zero-order chi connectivity index (χ0) is 41.1. The van der Waals surface area contributed by atoms with E-state index in [-0.39, 0.29) is 24.3 Å². The highest BCUT2D eigenvalue weighted by Gasteiger charge is 2.36. The number of carbonyl (C=O) groups is 2. The van der Waals surface area contributed by atoms with Gasteiger partial charge >= 0.3 is 12.2 Å². The van der Waals surface area contributed by atoms with Crippen LogP contribution >= 0.6 is 0 Å². The van der Waals surface area contributed by atoms with Gasteiger partial charge in [-0.2, -0.15) is 0 Å². The molecule has 1 aromatic heterocycles. The molecule has 3 aromatic carbocycles. The van der Waals surface area contributed by atoms with Crippen molar-refractivity contribution in [1.29, 1.82) is 0 Å². The van der Waals surface area contributed by atoms with E-state index in [9.17, 15) is 9.59 Å². The molecular weight excluding hydrogens is 727 g/mol. The van der Waals surface area contributed by atoms with E-state index in [1.807, 2.05) is 107 Å². The Hall–Kier alpha value is -5.65. The summed E-state index contributed by atoms with van der Waals surface area (Å²) in [5.41, 5.74) is 4.86. The standard InChI is InChI=1S/C45H55N3O9/c1-44(2,3)56-42(49)47-19-17-30-24-32(51-7)13-14-33(30)35(47)21-28-11-15-37(38(23-28)52-8)55-41-16-12-29(27-46-41)22-36-34-26-40(54-10)39(53-9)25-31(34)18-20-48(36)43(50)57-45(4,5)6/h11-16,23-27,35-36H,17-22H2,1-10H3/t35-,36-/m1/s1. The van der Waals surface area contributed by atoms with Gasteiger partial charge in [-0.1, -0.05) is 18.2 Å². The molecule has 2 atom stereocenters. The van der Waals surface area contributed by atoms with Crippen molar-refractivity contribution in [2.45, 2.75) is 90.5 Å². The molecule has 57 heavy (non-hydrogen) atoms. The van der Waals surface area contributed by atoms with E-state index in [2.05, 4.69) is 4.98 Å². The summed E-state index contributed by atoms with van der Waals surface area (Å²) in [6.07, 6.45) is 3.42. The molecule has 3 heterocycles. The largest absolute Gasteiger partial charge is 0.497 e. The summed E-state index contributed by atoms with van der Waals surface area (Å²) in [7, 11) is 6.48. The van der Waals surface area contributed by atoms with Gasteiger partial charge in [0.15, 0.2) is 23.0 Å². The SMILES string of the molecule is COc1ccc2c(c1)CCN(C(=O)OC(C)(C)C)[C@@H]2Cc1ccc(Oc2ccc(C[C@@H]3c4cc(OC)c(OC)cc4CCN3C(=O)OC(C)(C)C)cn2)c(OC)c1. The van der Waals surface area contributed by atoms with Gasteiger partial charge in [0.25, 0.3) is 0 Å². The third-order valence-electron chi connectivity index (χ3n) is 10.1. The molecule has 0 fully saturated rings. The lowest BCUT2D eigenvalue weighted by Crippen LogP contribution is -2.43. The fourth-order valence-electron chi connectivity index (χ4n) is 7.44. The molecule has 0 saturated heterocycles. The van der Waals surface area contributed by atoms with Crippen LogP contribution in [0.3, 0.4) is 0 Å². The predicted molar refractivity (Wildman–Crippen MR) is 216 cm³/mol. The minimum absolute atomic E-state index is 0.259. The van der Waals surface area contributed by atoms with Gasteiger partial charge in [0.2, 0.25) is 5.88 Å². The number of benzene rings is 3. The molecule has 2 aliphatic rings. The number of ether oxygens (including phenoxy) is 7. The summed E-state index contributed by atoms with van der Waals surface area (Å²) in [4.78, 5) is 35.2. The van der Waals surface area contributed by atoms with Gasteiger partial charge in [-0.15, -0.1) is 0 Å². The molecule has 0 spiro atoms. The highest BCUT2D eigenvalue weighted by atomic mass is 16.6. The first-order chi connectivity index (χ1) is 27.1. The zero-order valence-electron chi connectivity index (χ0n) is 34.8. The van der Waals surface area contributed by atoms with E-state index in [1.165, 1.54) is 0 Å². The smallest absolute Gasteiger partial charge is 0.410 e. The average Bonchev–Trinajstić information content (AvgIpc) is 3.17. The van der Waals surface area contributed by atoms with Crippen LogP contribution in [0.1, 0.15) is 87.0 Å². The Kier molecular flexibility index (Phi) is 12.1. The molecule has 304 valence electrons. The Balaban J connectivity index is 1.22. The second kappa shape index (κ2) is 16.8. The second-order valence-corrected chi connectivity index (χ2v) is 16.4. The molecule has 4 aromatic rings. The van der Waals surface area contributed by atoms with Gasteiger partial charge in [-0.3, -0.25) is 0 Å². The van der Waals surface area contributed by atoms with Crippen molar-refractivity contribution >= 4 is 12.2 Å². The number of carbonyl (C=O) groups excluding carboxylic acids is 2. The second-order valence-electron chi connectivity index (χ2n) is 16.4. The van der Waals surface area contributed by atoms with E-state index >= 15 is 0 Å². The van der Waals surface area contributed by atoms with Crippen LogP contribution in [0.2, 0.25) is 0 Å². The summed E-state index contributed by atoms with van der Waals surface area (Å²) in [6.45, 7) is 12.2. The lowest BCUT2D eigenvalue weighted by molar-refractivity contribution is 0.0130. The van der Waals surface area contributed by atoms with Crippen LogP contribution in [0.15, 0.2) is 66.9 Å². The van der Waals surface area contributed by atoms with Crippen LogP contribution < -0.4 is 23.7 Å². The van der Waals surface area contributed by atoms with Crippen molar-refractivity contribution in [3.8, 4) is 34.6 Å². The van der Waals surface area contributed by atoms with Gasteiger partial charge in [-0.25, -0.2) is 14.6 Å². The fourth-order valence-corrected chi connectivity index (χ4v) is 7.44. The minimum Gasteiger partial charge on any atom is -0.497 e. The first-order valence-corrected chi connectivity index (χ1v) is 19.3. The van der Waals surface area contributed by atoms with Crippen molar-refractivity contribution in [2.75, 3.05) is 41.5 Å².